The number of halogens is 1. The average Bonchev–Trinajstić information content (AvgIpc) is 2.54. The normalized spacial score (nSPS) is 10.7. The molecule has 1 heterocycles. The lowest BCUT2D eigenvalue weighted by molar-refractivity contribution is 0.341. The molecule has 0 radical (unpaired) electrons. The molecule has 0 atom stereocenters. The first-order chi connectivity index (χ1) is 11.1. The van der Waals surface area contributed by atoms with Crippen molar-refractivity contribution in [3.05, 3.63) is 41.4 Å². The fourth-order valence-electron chi connectivity index (χ4n) is 2.52. The third kappa shape index (κ3) is 3.00. The minimum atomic E-state index is 0.236. The lowest BCUT2D eigenvalue weighted by Crippen LogP contribution is -2.01. The molecule has 0 spiro atoms. The van der Waals surface area contributed by atoms with Gasteiger partial charge in [-0.2, -0.15) is 4.98 Å². The van der Waals surface area contributed by atoms with Crippen molar-refractivity contribution < 1.29 is 4.74 Å². The minimum absolute atomic E-state index is 0.236. The smallest absolute Gasteiger partial charge is 0.222 e. The highest BCUT2D eigenvalue weighted by molar-refractivity contribution is 6.30. The zero-order valence-corrected chi connectivity index (χ0v) is 13.7. The second-order valence-electron chi connectivity index (χ2n) is 4.99. The number of nitrogens with one attached hydrogen (secondary N) is 1. The van der Waals surface area contributed by atoms with Gasteiger partial charge in [-0.3, -0.25) is 0 Å². The van der Waals surface area contributed by atoms with E-state index in [1.807, 2.05) is 50.4 Å². The van der Waals surface area contributed by atoms with Crippen LogP contribution in [-0.4, -0.2) is 23.6 Å². The number of anilines is 2. The first kappa shape index (κ1) is 15.4. The molecule has 3 N–H and O–H groups in total. The van der Waals surface area contributed by atoms with E-state index in [2.05, 4.69) is 15.3 Å². The Bertz CT molecular complexity index is 867. The summed E-state index contributed by atoms with van der Waals surface area (Å²) in [7, 11) is 1.81. The van der Waals surface area contributed by atoms with Gasteiger partial charge in [0.25, 0.3) is 0 Å². The zero-order chi connectivity index (χ0) is 16.4. The number of hydrogen-bond donors (Lipinski definition) is 2. The summed E-state index contributed by atoms with van der Waals surface area (Å²) in [5.74, 6) is 1.69. The van der Waals surface area contributed by atoms with Gasteiger partial charge in [-0.25, -0.2) is 4.98 Å². The number of aromatic nitrogens is 2. The van der Waals surface area contributed by atoms with E-state index in [0.717, 1.165) is 27.8 Å². The van der Waals surface area contributed by atoms with E-state index in [0.29, 0.717) is 17.4 Å². The van der Waals surface area contributed by atoms with Gasteiger partial charge < -0.3 is 15.8 Å². The molecule has 3 rings (SSSR count). The fourth-order valence-corrected chi connectivity index (χ4v) is 2.68. The topological polar surface area (TPSA) is 73.1 Å². The van der Waals surface area contributed by atoms with E-state index >= 15 is 0 Å². The van der Waals surface area contributed by atoms with Gasteiger partial charge in [-0.05, 0) is 42.8 Å². The molecular weight excluding hydrogens is 312 g/mol. The maximum absolute atomic E-state index is 6.07. The van der Waals surface area contributed by atoms with Crippen molar-refractivity contribution >= 4 is 34.3 Å². The number of nitrogens with zero attached hydrogens (tertiary/aromatic N) is 2. The van der Waals surface area contributed by atoms with Crippen molar-refractivity contribution in [1.29, 1.82) is 0 Å². The molecule has 0 aliphatic carbocycles. The van der Waals surface area contributed by atoms with E-state index in [4.69, 9.17) is 22.1 Å². The van der Waals surface area contributed by atoms with Crippen LogP contribution in [-0.2, 0) is 0 Å². The van der Waals surface area contributed by atoms with Gasteiger partial charge in [0.1, 0.15) is 11.6 Å². The number of hydrogen-bond acceptors (Lipinski definition) is 5. The molecule has 6 heteroatoms. The number of rotatable bonds is 4. The highest BCUT2D eigenvalue weighted by Gasteiger charge is 2.11. The van der Waals surface area contributed by atoms with Crippen LogP contribution in [0.2, 0.25) is 5.02 Å². The van der Waals surface area contributed by atoms with E-state index in [-0.39, 0.29) is 5.95 Å². The maximum atomic E-state index is 6.07. The van der Waals surface area contributed by atoms with E-state index in [1.54, 1.807) is 0 Å². The molecule has 0 saturated carbocycles. The second kappa shape index (κ2) is 6.30. The Morgan fingerprint density at radius 3 is 2.74 bits per heavy atom. The third-order valence-electron chi connectivity index (χ3n) is 3.51. The monoisotopic (exact) mass is 328 g/mol. The van der Waals surface area contributed by atoms with Gasteiger partial charge in [-0.15, -0.1) is 0 Å². The lowest BCUT2D eigenvalue weighted by atomic mass is 10.0. The predicted octanol–water partition coefficient (Wildman–Crippen LogP) is 3.97. The Morgan fingerprint density at radius 1 is 1.17 bits per heavy atom. The maximum Gasteiger partial charge on any atom is 0.222 e. The molecule has 0 bridgehead atoms. The van der Waals surface area contributed by atoms with Crippen molar-refractivity contribution in [2.45, 2.75) is 6.92 Å². The van der Waals surface area contributed by atoms with Gasteiger partial charge >= 0.3 is 0 Å². The van der Waals surface area contributed by atoms with Crippen molar-refractivity contribution in [2.75, 3.05) is 24.7 Å². The van der Waals surface area contributed by atoms with Crippen LogP contribution in [0.3, 0.4) is 0 Å². The van der Waals surface area contributed by atoms with Crippen LogP contribution in [0.5, 0.6) is 5.75 Å². The average molecular weight is 329 g/mol. The molecule has 0 amide bonds. The first-order valence-electron chi connectivity index (χ1n) is 7.30. The number of nitrogens with two attached hydrogens (primary N) is 1. The van der Waals surface area contributed by atoms with Gasteiger partial charge in [0.15, 0.2) is 0 Å². The number of ether oxygens (including phenoxy) is 1. The highest BCUT2D eigenvalue weighted by Crippen LogP contribution is 2.34. The standard InChI is InChI=1S/C17H17ClN4O/c1-3-23-15-9-11(18)5-7-12(15)10-4-6-13-14(8-10)21-17(19)22-16(13)20-2/h4-9H,3H2,1-2H3,(H3,19,20,21,22). The molecule has 0 saturated heterocycles. The summed E-state index contributed by atoms with van der Waals surface area (Å²) in [6.45, 7) is 2.51. The first-order valence-corrected chi connectivity index (χ1v) is 7.68. The second-order valence-corrected chi connectivity index (χ2v) is 5.42. The van der Waals surface area contributed by atoms with Crippen LogP contribution in [0.1, 0.15) is 6.92 Å². The number of benzene rings is 2. The summed E-state index contributed by atoms with van der Waals surface area (Å²) in [4.78, 5) is 8.52. The summed E-state index contributed by atoms with van der Waals surface area (Å²) in [6.07, 6.45) is 0. The molecule has 23 heavy (non-hydrogen) atoms. The summed E-state index contributed by atoms with van der Waals surface area (Å²) >= 11 is 6.07. The van der Waals surface area contributed by atoms with Gasteiger partial charge in [-0.1, -0.05) is 17.7 Å². The highest BCUT2D eigenvalue weighted by atomic mass is 35.5. The molecule has 0 aliphatic rings. The van der Waals surface area contributed by atoms with E-state index in [9.17, 15) is 0 Å². The van der Waals surface area contributed by atoms with Crippen molar-refractivity contribution in [3.8, 4) is 16.9 Å². The number of nitrogen functional groups attached to an aromatic ring is 1. The molecule has 0 aliphatic heterocycles. The van der Waals surface area contributed by atoms with Gasteiger partial charge in [0.2, 0.25) is 5.95 Å². The van der Waals surface area contributed by atoms with E-state index in [1.165, 1.54) is 0 Å². The Kier molecular flexibility index (Phi) is 4.21. The molecule has 2 aromatic carbocycles. The van der Waals surface area contributed by atoms with Crippen LogP contribution < -0.4 is 15.8 Å². The minimum Gasteiger partial charge on any atom is -0.493 e. The van der Waals surface area contributed by atoms with Crippen LogP contribution in [0.15, 0.2) is 36.4 Å². The molecule has 1 aromatic heterocycles. The molecule has 0 unspecified atom stereocenters. The summed E-state index contributed by atoms with van der Waals surface area (Å²) in [5.41, 5.74) is 8.50. The molecule has 3 aromatic rings. The summed E-state index contributed by atoms with van der Waals surface area (Å²) in [5, 5.41) is 4.59. The molecule has 0 fully saturated rings. The largest absolute Gasteiger partial charge is 0.493 e. The van der Waals surface area contributed by atoms with Crippen LogP contribution in [0.4, 0.5) is 11.8 Å². The van der Waals surface area contributed by atoms with Gasteiger partial charge in [0.05, 0.1) is 12.1 Å². The van der Waals surface area contributed by atoms with Crippen LogP contribution in [0.25, 0.3) is 22.0 Å². The third-order valence-corrected chi connectivity index (χ3v) is 3.74. The van der Waals surface area contributed by atoms with E-state index < -0.39 is 0 Å². The summed E-state index contributed by atoms with van der Waals surface area (Å²) < 4.78 is 5.70. The Morgan fingerprint density at radius 2 is 2.00 bits per heavy atom. The predicted molar refractivity (Wildman–Crippen MR) is 95.1 cm³/mol. The number of fused-ring (bicyclic) bond motifs is 1. The van der Waals surface area contributed by atoms with Crippen LogP contribution >= 0.6 is 11.6 Å². The Labute approximate surface area is 139 Å². The van der Waals surface area contributed by atoms with Crippen molar-refractivity contribution in [3.63, 3.8) is 0 Å². The molecule has 118 valence electrons. The molecule has 5 nitrogen and oxygen atoms in total. The summed E-state index contributed by atoms with van der Waals surface area (Å²) in [6, 6.07) is 11.6. The lowest BCUT2D eigenvalue weighted by Gasteiger charge is -2.12. The Balaban J connectivity index is 2.18. The SMILES string of the molecule is CCOc1cc(Cl)ccc1-c1ccc2c(NC)nc(N)nc2c1. The van der Waals surface area contributed by atoms with Crippen molar-refractivity contribution in [1.82, 2.24) is 9.97 Å². The molecular formula is C17H17ClN4O. The zero-order valence-electron chi connectivity index (χ0n) is 12.9. The fraction of sp³-hybridized carbons (Fsp3) is 0.176. The van der Waals surface area contributed by atoms with Crippen LogP contribution in [0, 0.1) is 0 Å². The quantitative estimate of drug-likeness (QED) is 0.758. The van der Waals surface area contributed by atoms with Gasteiger partial charge in [0, 0.05) is 23.0 Å². The van der Waals surface area contributed by atoms with Crippen molar-refractivity contribution in [2.24, 2.45) is 0 Å². The Hall–Kier alpha value is -2.53.